The number of hydrogen-bond donors (Lipinski definition) is 3. The Kier molecular flexibility index (Phi) is 10.1. The summed E-state index contributed by atoms with van der Waals surface area (Å²) < 4.78 is 0. The molecule has 0 bridgehead atoms. The van der Waals surface area contributed by atoms with Gasteiger partial charge in [0.15, 0.2) is 0 Å². The van der Waals surface area contributed by atoms with Gasteiger partial charge in [-0.05, 0) is 74.4 Å². The first-order chi connectivity index (χ1) is 19.8. The van der Waals surface area contributed by atoms with Crippen molar-refractivity contribution in [2.45, 2.75) is 37.3 Å². The van der Waals surface area contributed by atoms with Crippen LogP contribution in [-0.4, -0.2) is 23.0 Å². The molecule has 6 nitrogen and oxygen atoms in total. The van der Waals surface area contributed by atoms with E-state index in [1.54, 1.807) is 36.4 Å². The van der Waals surface area contributed by atoms with Crippen LogP contribution < -0.4 is 16.0 Å². The second-order valence-corrected chi connectivity index (χ2v) is 10.9. The molecule has 0 saturated carbocycles. The molecule has 0 aliphatic rings. The van der Waals surface area contributed by atoms with E-state index in [-0.39, 0.29) is 22.8 Å². The molecule has 4 rings (SSSR count). The lowest BCUT2D eigenvalue weighted by atomic mass is 10.1. The number of nitrogens with one attached hydrogen (secondary N) is 3. The number of anilines is 2. The minimum atomic E-state index is -0.456. The zero-order valence-corrected chi connectivity index (χ0v) is 24.1. The topological polar surface area (TPSA) is 87.3 Å². The smallest absolute Gasteiger partial charge is 0.272 e. The van der Waals surface area contributed by atoms with Gasteiger partial charge in [0.25, 0.3) is 11.8 Å². The molecular formula is C34H33N3O3S. The van der Waals surface area contributed by atoms with E-state index in [0.717, 1.165) is 27.3 Å². The molecular weight excluding hydrogens is 530 g/mol. The highest BCUT2D eigenvalue weighted by molar-refractivity contribution is 8.00. The second kappa shape index (κ2) is 14.1. The molecule has 0 aliphatic heterocycles. The maximum atomic E-state index is 13.4. The number of carbonyl (C=O) groups excluding carboxylic acids is 3. The van der Waals surface area contributed by atoms with Crippen molar-refractivity contribution < 1.29 is 14.4 Å². The fourth-order valence-corrected chi connectivity index (χ4v) is 5.07. The third kappa shape index (κ3) is 8.68. The Balaban J connectivity index is 1.49. The number of carbonyl (C=O) groups is 3. The van der Waals surface area contributed by atoms with Gasteiger partial charge < -0.3 is 16.0 Å². The first-order valence-corrected chi connectivity index (χ1v) is 14.3. The Labute approximate surface area is 245 Å². The first kappa shape index (κ1) is 29.4. The Morgan fingerprint density at radius 2 is 1.49 bits per heavy atom. The molecule has 41 heavy (non-hydrogen) atoms. The van der Waals surface area contributed by atoms with Crippen LogP contribution in [0.1, 0.15) is 40.4 Å². The Hall–Kier alpha value is -4.62. The average molecular weight is 564 g/mol. The first-order valence-electron chi connectivity index (χ1n) is 13.4. The van der Waals surface area contributed by atoms with E-state index in [0.29, 0.717) is 17.7 Å². The van der Waals surface area contributed by atoms with Crippen LogP contribution in [0.5, 0.6) is 0 Å². The van der Waals surface area contributed by atoms with Gasteiger partial charge in [-0.1, -0.05) is 78.7 Å². The van der Waals surface area contributed by atoms with Gasteiger partial charge >= 0.3 is 0 Å². The van der Waals surface area contributed by atoms with Crippen molar-refractivity contribution in [3.63, 3.8) is 0 Å². The Morgan fingerprint density at radius 1 is 0.756 bits per heavy atom. The molecule has 0 aromatic heterocycles. The second-order valence-electron chi connectivity index (χ2n) is 9.64. The SMILES string of the molecule is CCC(Sc1cccc(NC(=O)/C(=C\c2cccc(C)c2)NC(=O)c2ccccc2)c1)C(=O)Nc1ccc(C)cc1. The summed E-state index contributed by atoms with van der Waals surface area (Å²) >= 11 is 1.43. The van der Waals surface area contributed by atoms with Gasteiger partial charge in [0.1, 0.15) is 5.70 Å². The van der Waals surface area contributed by atoms with Gasteiger partial charge in [0.05, 0.1) is 5.25 Å². The fourth-order valence-electron chi connectivity index (χ4n) is 4.06. The Bertz CT molecular complexity index is 1550. The molecule has 3 N–H and O–H groups in total. The molecule has 0 fully saturated rings. The molecule has 3 amide bonds. The summed E-state index contributed by atoms with van der Waals surface area (Å²) in [6.45, 7) is 5.93. The molecule has 4 aromatic rings. The summed E-state index contributed by atoms with van der Waals surface area (Å²) in [5.41, 5.74) is 4.83. The minimum absolute atomic E-state index is 0.0807. The summed E-state index contributed by atoms with van der Waals surface area (Å²) in [5, 5.41) is 8.34. The lowest BCUT2D eigenvalue weighted by Crippen LogP contribution is -2.30. The van der Waals surface area contributed by atoms with E-state index >= 15 is 0 Å². The van der Waals surface area contributed by atoms with Crippen LogP contribution in [0.2, 0.25) is 0 Å². The average Bonchev–Trinajstić information content (AvgIpc) is 2.97. The van der Waals surface area contributed by atoms with Crippen LogP contribution in [0.25, 0.3) is 6.08 Å². The molecule has 208 valence electrons. The van der Waals surface area contributed by atoms with E-state index in [4.69, 9.17) is 0 Å². The molecule has 4 aromatic carbocycles. The standard InChI is InChI=1S/C34H33N3O3S/c1-4-31(34(40)35-27-18-16-23(2)17-19-27)41-29-15-9-14-28(22-29)36-33(39)30(21-25-11-8-10-24(3)20-25)37-32(38)26-12-6-5-7-13-26/h5-22,31H,4H2,1-3H3,(H,35,40)(H,36,39)(H,37,38)/b30-21+. The van der Waals surface area contributed by atoms with Gasteiger partial charge in [0.2, 0.25) is 5.91 Å². The normalized spacial score (nSPS) is 11.8. The van der Waals surface area contributed by atoms with Crippen molar-refractivity contribution in [2.75, 3.05) is 10.6 Å². The fraction of sp³-hybridized carbons (Fsp3) is 0.147. The van der Waals surface area contributed by atoms with Crippen LogP contribution in [0.15, 0.2) is 114 Å². The van der Waals surface area contributed by atoms with E-state index in [2.05, 4.69) is 16.0 Å². The molecule has 1 atom stereocenters. The van der Waals surface area contributed by atoms with Gasteiger partial charge in [-0.2, -0.15) is 0 Å². The van der Waals surface area contributed by atoms with Crippen molar-refractivity contribution in [3.8, 4) is 0 Å². The van der Waals surface area contributed by atoms with Gasteiger partial charge in [0, 0.05) is 21.8 Å². The third-order valence-electron chi connectivity index (χ3n) is 6.23. The van der Waals surface area contributed by atoms with Crippen molar-refractivity contribution in [1.82, 2.24) is 5.32 Å². The van der Waals surface area contributed by atoms with E-state index in [9.17, 15) is 14.4 Å². The molecule has 0 heterocycles. The monoisotopic (exact) mass is 563 g/mol. The summed E-state index contributed by atoms with van der Waals surface area (Å²) in [4.78, 5) is 40.1. The number of hydrogen-bond acceptors (Lipinski definition) is 4. The molecule has 0 spiro atoms. The zero-order valence-electron chi connectivity index (χ0n) is 23.3. The Morgan fingerprint density at radius 3 is 2.20 bits per heavy atom. The third-order valence-corrected chi connectivity index (χ3v) is 7.59. The predicted molar refractivity (Wildman–Crippen MR) is 168 cm³/mol. The number of benzene rings is 4. The van der Waals surface area contributed by atoms with Gasteiger partial charge in [-0.25, -0.2) is 0 Å². The summed E-state index contributed by atoms with van der Waals surface area (Å²) in [5.74, 6) is -0.917. The molecule has 1 unspecified atom stereocenters. The maximum Gasteiger partial charge on any atom is 0.272 e. The van der Waals surface area contributed by atoms with Crippen LogP contribution >= 0.6 is 11.8 Å². The van der Waals surface area contributed by atoms with Crippen LogP contribution in [-0.2, 0) is 9.59 Å². The summed E-state index contributed by atoms with van der Waals surface area (Å²) in [7, 11) is 0. The quantitative estimate of drug-likeness (QED) is 0.140. The lowest BCUT2D eigenvalue weighted by Gasteiger charge is -2.16. The van der Waals surface area contributed by atoms with Crippen LogP contribution in [0, 0.1) is 13.8 Å². The number of thioether (sulfide) groups is 1. The largest absolute Gasteiger partial charge is 0.325 e. The summed E-state index contributed by atoms with van der Waals surface area (Å²) in [6.07, 6.45) is 2.29. The number of rotatable bonds is 10. The van der Waals surface area contributed by atoms with E-state index in [1.807, 2.05) is 93.6 Å². The number of amides is 3. The molecule has 7 heteroatoms. The van der Waals surface area contributed by atoms with Gasteiger partial charge in [-0.15, -0.1) is 11.8 Å². The van der Waals surface area contributed by atoms with Crippen molar-refractivity contribution in [1.29, 1.82) is 0 Å². The summed E-state index contributed by atoms with van der Waals surface area (Å²) in [6, 6.07) is 31.5. The minimum Gasteiger partial charge on any atom is -0.325 e. The van der Waals surface area contributed by atoms with Crippen molar-refractivity contribution in [3.05, 3.63) is 131 Å². The molecule has 0 radical (unpaired) electrons. The van der Waals surface area contributed by atoms with E-state index < -0.39 is 5.91 Å². The lowest BCUT2D eigenvalue weighted by molar-refractivity contribution is -0.116. The highest BCUT2D eigenvalue weighted by atomic mass is 32.2. The van der Waals surface area contributed by atoms with Gasteiger partial charge in [-0.3, -0.25) is 14.4 Å². The highest BCUT2D eigenvalue weighted by Gasteiger charge is 2.19. The zero-order chi connectivity index (χ0) is 29.2. The van der Waals surface area contributed by atoms with Crippen LogP contribution in [0.4, 0.5) is 11.4 Å². The van der Waals surface area contributed by atoms with Crippen molar-refractivity contribution in [2.24, 2.45) is 0 Å². The molecule has 0 saturated heterocycles. The molecule has 0 aliphatic carbocycles. The van der Waals surface area contributed by atoms with E-state index in [1.165, 1.54) is 11.8 Å². The van der Waals surface area contributed by atoms with Crippen LogP contribution in [0.3, 0.4) is 0 Å². The predicted octanol–water partition coefficient (Wildman–Crippen LogP) is 7.22. The van der Waals surface area contributed by atoms with Crippen molar-refractivity contribution >= 4 is 46.9 Å². The highest BCUT2D eigenvalue weighted by Crippen LogP contribution is 2.29. The maximum absolute atomic E-state index is 13.4. The number of aryl methyl sites for hydroxylation is 2.